The predicted octanol–water partition coefficient (Wildman–Crippen LogP) is 1.96. The van der Waals surface area contributed by atoms with Crippen molar-refractivity contribution < 1.29 is 14.1 Å². The molecule has 1 N–H and O–H groups in total. The van der Waals surface area contributed by atoms with Crippen molar-refractivity contribution in [2.75, 3.05) is 11.9 Å². The van der Waals surface area contributed by atoms with Crippen LogP contribution >= 0.6 is 0 Å². The molecule has 106 valence electrons. The minimum atomic E-state index is -0.268. The van der Waals surface area contributed by atoms with Crippen molar-refractivity contribution >= 4 is 17.6 Å². The SMILES string of the molecule is CCC(=O)N(CC(=O)Nc1cc(C)on1)C(C)CC. The summed E-state index contributed by atoms with van der Waals surface area (Å²) >= 11 is 0. The molecule has 1 rings (SSSR count). The molecule has 0 saturated carbocycles. The van der Waals surface area contributed by atoms with Gasteiger partial charge in [0.15, 0.2) is 5.82 Å². The number of aryl methyl sites for hydroxylation is 1. The minimum Gasteiger partial charge on any atom is -0.360 e. The average molecular weight is 267 g/mol. The van der Waals surface area contributed by atoms with Crippen molar-refractivity contribution in [1.29, 1.82) is 0 Å². The van der Waals surface area contributed by atoms with Crippen LogP contribution in [0.5, 0.6) is 0 Å². The van der Waals surface area contributed by atoms with E-state index in [-0.39, 0.29) is 24.4 Å². The molecule has 1 unspecified atom stereocenters. The van der Waals surface area contributed by atoms with Crippen molar-refractivity contribution in [2.45, 2.75) is 46.6 Å². The number of hydrogen-bond acceptors (Lipinski definition) is 4. The Kier molecular flexibility index (Phi) is 5.54. The smallest absolute Gasteiger partial charge is 0.245 e. The zero-order chi connectivity index (χ0) is 14.4. The Morgan fingerprint density at radius 2 is 2.16 bits per heavy atom. The van der Waals surface area contributed by atoms with Crippen LogP contribution in [0.25, 0.3) is 0 Å². The van der Waals surface area contributed by atoms with E-state index in [1.165, 1.54) is 0 Å². The molecule has 0 saturated heterocycles. The number of carbonyl (C=O) groups is 2. The molecule has 6 nitrogen and oxygen atoms in total. The van der Waals surface area contributed by atoms with E-state index in [4.69, 9.17) is 4.52 Å². The maximum Gasteiger partial charge on any atom is 0.245 e. The van der Waals surface area contributed by atoms with Crippen molar-refractivity contribution in [3.63, 3.8) is 0 Å². The topological polar surface area (TPSA) is 75.4 Å². The fourth-order valence-electron chi connectivity index (χ4n) is 1.68. The van der Waals surface area contributed by atoms with E-state index in [1.807, 2.05) is 13.8 Å². The molecular weight excluding hydrogens is 246 g/mol. The molecular formula is C13H21N3O3. The molecule has 1 aromatic heterocycles. The van der Waals surface area contributed by atoms with Gasteiger partial charge in [0.25, 0.3) is 0 Å². The molecule has 0 aliphatic rings. The summed E-state index contributed by atoms with van der Waals surface area (Å²) in [5.41, 5.74) is 0. The summed E-state index contributed by atoms with van der Waals surface area (Å²) in [4.78, 5) is 25.3. The first-order valence-electron chi connectivity index (χ1n) is 6.50. The van der Waals surface area contributed by atoms with Crippen LogP contribution in [-0.2, 0) is 9.59 Å². The monoisotopic (exact) mass is 267 g/mol. The molecule has 0 radical (unpaired) electrons. The number of aromatic nitrogens is 1. The number of carbonyl (C=O) groups excluding carboxylic acids is 2. The Hall–Kier alpha value is -1.85. The second-order valence-electron chi connectivity index (χ2n) is 4.50. The highest BCUT2D eigenvalue weighted by Crippen LogP contribution is 2.09. The standard InChI is InChI=1S/C13H21N3O3/c1-5-9(3)16(13(18)6-2)8-12(17)14-11-7-10(4)19-15-11/h7,9H,5-6,8H2,1-4H3,(H,14,15,17). The second-order valence-corrected chi connectivity index (χ2v) is 4.50. The number of anilines is 1. The molecule has 0 fully saturated rings. The van der Waals surface area contributed by atoms with Crippen LogP contribution in [-0.4, -0.2) is 34.5 Å². The van der Waals surface area contributed by atoms with Gasteiger partial charge in [0.05, 0.1) is 0 Å². The Bertz CT molecular complexity index is 442. The van der Waals surface area contributed by atoms with E-state index in [0.29, 0.717) is 18.0 Å². The first-order valence-corrected chi connectivity index (χ1v) is 6.50. The molecule has 0 aliphatic carbocycles. The summed E-state index contributed by atoms with van der Waals surface area (Å²) in [6.45, 7) is 7.49. The van der Waals surface area contributed by atoms with Gasteiger partial charge in [-0.25, -0.2) is 0 Å². The molecule has 0 aromatic carbocycles. The maximum absolute atomic E-state index is 11.9. The normalized spacial score (nSPS) is 12.0. The highest BCUT2D eigenvalue weighted by atomic mass is 16.5. The molecule has 1 atom stereocenters. The van der Waals surface area contributed by atoms with Gasteiger partial charge >= 0.3 is 0 Å². The fraction of sp³-hybridized carbons (Fsp3) is 0.615. The summed E-state index contributed by atoms with van der Waals surface area (Å²) in [7, 11) is 0. The quantitative estimate of drug-likeness (QED) is 0.854. The van der Waals surface area contributed by atoms with Gasteiger partial charge in [-0.3, -0.25) is 9.59 Å². The number of nitrogens with one attached hydrogen (secondary N) is 1. The lowest BCUT2D eigenvalue weighted by Crippen LogP contribution is -2.43. The molecule has 19 heavy (non-hydrogen) atoms. The predicted molar refractivity (Wildman–Crippen MR) is 71.6 cm³/mol. The van der Waals surface area contributed by atoms with Crippen molar-refractivity contribution in [3.8, 4) is 0 Å². The molecule has 1 heterocycles. The van der Waals surface area contributed by atoms with Crippen LogP contribution in [0.4, 0.5) is 5.82 Å². The number of rotatable bonds is 6. The summed E-state index contributed by atoms with van der Waals surface area (Å²) in [5.74, 6) is 0.700. The van der Waals surface area contributed by atoms with E-state index >= 15 is 0 Å². The second kappa shape index (κ2) is 6.92. The van der Waals surface area contributed by atoms with E-state index in [1.54, 1.807) is 24.8 Å². The Morgan fingerprint density at radius 1 is 1.47 bits per heavy atom. The highest BCUT2D eigenvalue weighted by molar-refractivity contribution is 5.93. The summed E-state index contributed by atoms with van der Waals surface area (Å²) < 4.78 is 4.86. The lowest BCUT2D eigenvalue weighted by atomic mass is 10.2. The lowest BCUT2D eigenvalue weighted by Gasteiger charge is -2.27. The zero-order valence-corrected chi connectivity index (χ0v) is 11.9. The van der Waals surface area contributed by atoms with Crippen LogP contribution in [0, 0.1) is 6.92 Å². The van der Waals surface area contributed by atoms with Crippen LogP contribution in [0.2, 0.25) is 0 Å². The lowest BCUT2D eigenvalue weighted by molar-refractivity contribution is -0.136. The van der Waals surface area contributed by atoms with Gasteiger partial charge in [0.1, 0.15) is 12.3 Å². The molecule has 0 spiro atoms. The molecule has 0 bridgehead atoms. The van der Waals surface area contributed by atoms with Crippen molar-refractivity contribution in [2.24, 2.45) is 0 Å². The Balaban J connectivity index is 2.63. The van der Waals surface area contributed by atoms with Gasteiger partial charge in [-0.05, 0) is 20.3 Å². The van der Waals surface area contributed by atoms with Crippen LogP contribution in [0.3, 0.4) is 0 Å². The van der Waals surface area contributed by atoms with Gasteiger partial charge < -0.3 is 14.7 Å². The molecule has 0 aliphatic heterocycles. The third-order valence-corrected chi connectivity index (χ3v) is 2.96. The van der Waals surface area contributed by atoms with E-state index in [0.717, 1.165) is 6.42 Å². The highest BCUT2D eigenvalue weighted by Gasteiger charge is 2.20. The fourth-order valence-corrected chi connectivity index (χ4v) is 1.68. The average Bonchev–Trinajstić information content (AvgIpc) is 2.79. The first kappa shape index (κ1) is 15.2. The van der Waals surface area contributed by atoms with Gasteiger partial charge in [-0.15, -0.1) is 0 Å². The first-order chi connectivity index (χ1) is 8.97. The van der Waals surface area contributed by atoms with Crippen molar-refractivity contribution in [1.82, 2.24) is 10.1 Å². The molecule has 2 amide bonds. The number of nitrogens with zero attached hydrogens (tertiary/aromatic N) is 2. The van der Waals surface area contributed by atoms with Gasteiger partial charge in [0, 0.05) is 18.5 Å². The largest absolute Gasteiger partial charge is 0.360 e. The van der Waals surface area contributed by atoms with E-state index < -0.39 is 0 Å². The van der Waals surface area contributed by atoms with Gasteiger partial charge in [-0.1, -0.05) is 19.0 Å². The number of hydrogen-bond donors (Lipinski definition) is 1. The van der Waals surface area contributed by atoms with E-state index in [2.05, 4.69) is 10.5 Å². The van der Waals surface area contributed by atoms with E-state index in [9.17, 15) is 9.59 Å². The summed E-state index contributed by atoms with van der Waals surface area (Å²) in [5, 5.41) is 6.30. The van der Waals surface area contributed by atoms with Crippen molar-refractivity contribution in [3.05, 3.63) is 11.8 Å². The minimum absolute atomic E-state index is 0.0270. The molecule has 1 aromatic rings. The Labute approximate surface area is 113 Å². The van der Waals surface area contributed by atoms with Crippen LogP contribution in [0.15, 0.2) is 10.6 Å². The Morgan fingerprint density at radius 3 is 2.63 bits per heavy atom. The van der Waals surface area contributed by atoms with Crippen LogP contribution in [0.1, 0.15) is 39.4 Å². The van der Waals surface area contributed by atoms with Crippen LogP contribution < -0.4 is 5.32 Å². The number of amides is 2. The molecule has 6 heteroatoms. The maximum atomic E-state index is 11.9. The van der Waals surface area contributed by atoms with Gasteiger partial charge in [0.2, 0.25) is 11.8 Å². The van der Waals surface area contributed by atoms with Gasteiger partial charge in [-0.2, -0.15) is 0 Å². The zero-order valence-electron chi connectivity index (χ0n) is 11.9. The third-order valence-electron chi connectivity index (χ3n) is 2.96. The summed E-state index contributed by atoms with van der Waals surface area (Å²) in [6.07, 6.45) is 1.20. The third kappa shape index (κ3) is 4.39. The summed E-state index contributed by atoms with van der Waals surface area (Å²) in [6, 6.07) is 1.67.